The molecule has 5 N–H and O–H groups in total. The minimum Gasteiger partial charge on any atom is -0.389 e. The smallest absolute Gasteiger partial charge is 0.111 e. The van der Waals surface area contributed by atoms with Crippen molar-refractivity contribution in [3.63, 3.8) is 0 Å². The van der Waals surface area contributed by atoms with Gasteiger partial charge in [-0.15, -0.1) is 0 Å². The molecule has 0 aromatic carbocycles. The number of nitrogens with two attached hydrogens (primary N) is 1. The average molecular weight is 209 g/mol. The number of methoxy groups -OCH3 is 2. The molecular formula is C8H19NO5. The van der Waals surface area contributed by atoms with Gasteiger partial charge in [0.2, 0.25) is 0 Å². The molecule has 0 rings (SSSR count). The van der Waals surface area contributed by atoms with E-state index in [1.54, 1.807) is 0 Å². The molecule has 0 aliphatic heterocycles. The van der Waals surface area contributed by atoms with E-state index in [9.17, 15) is 15.3 Å². The van der Waals surface area contributed by atoms with Crippen LogP contribution >= 0.6 is 0 Å². The fourth-order valence-electron chi connectivity index (χ4n) is 1.06. The van der Waals surface area contributed by atoms with E-state index in [1.807, 2.05) is 0 Å². The van der Waals surface area contributed by atoms with Gasteiger partial charge in [-0.05, 0) is 0 Å². The molecule has 0 amide bonds. The average Bonchev–Trinajstić information content (AvgIpc) is 2.22. The summed E-state index contributed by atoms with van der Waals surface area (Å²) in [6.07, 6.45) is -4.41. The zero-order valence-corrected chi connectivity index (χ0v) is 8.46. The molecule has 4 atom stereocenters. The van der Waals surface area contributed by atoms with Crippen molar-refractivity contribution < 1.29 is 24.8 Å². The number of aliphatic hydroxyl groups is 3. The van der Waals surface area contributed by atoms with Gasteiger partial charge in [-0.1, -0.05) is 0 Å². The van der Waals surface area contributed by atoms with Crippen LogP contribution in [0.1, 0.15) is 0 Å². The van der Waals surface area contributed by atoms with Crippen LogP contribution in [0.2, 0.25) is 0 Å². The van der Waals surface area contributed by atoms with Gasteiger partial charge in [-0.2, -0.15) is 0 Å². The highest BCUT2D eigenvalue weighted by Crippen LogP contribution is 2.07. The van der Waals surface area contributed by atoms with Gasteiger partial charge in [0.1, 0.15) is 18.3 Å². The van der Waals surface area contributed by atoms with E-state index in [2.05, 4.69) is 0 Å². The van der Waals surface area contributed by atoms with E-state index in [-0.39, 0.29) is 13.2 Å². The Kier molecular flexibility index (Phi) is 6.98. The highest BCUT2D eigenvalue weighted by atomic mass is 16.5. The predicted octanol–water partition coefficient (Wildman–Crippen LogP) is -2.31. The Morgan fingerprint density at radius 3 is 2.07 bits per heavy atom. The topological polar surface area (TPSA) is 105 Å². The van der Waals surface area contributed by atoms with Crippen LogP contribution in [0.5, 0.6) is 0 Å². The van der Waals surface area contributed by atoms with Crippen molar-refractivity contribution in [1.82, 2.24) is 0 Å². The van der Waals surface area contributed by atoms with E-state index in [0.717, 1.165) is 0 Å². The van der Waals surface area contributed by atoms with Crippen LogP contribution in [-0.2, 0) is 9.47 Å². The first-order valence-corrected chi connectivity index (χ1v) is 4.34. The van der Waals surface area contributed by atoms with Gasteiger partial charge < -0.3 is 30.5 Å². The van der Waals surface area contributed by atoms with Crippen LogP contribution in [0.4, 0.5) is 0 Å². The molecule has 0 heterocycles. The summed E-state index contributed by atoms with van der Waals surface area (Å²) >= 11 is 0. The van der Waals surface area contributed by atoms with Gasteiger partial charge in [0, 0.05) is 20.8 Å². The molecule has 0 saturated heterocycles. The van der Waals surface area contributed by atoms with Gasteiger partial charge in [0.25, 0.3) is 0 Å². The molecule has 0 radical (unpaired) electrons. The predicted molar refractivity (Wildman–Crippen MR) is 49.7 cm³/mol. The fourth-order valence-corrected chi connectivity index (χ4v) is 1.06. The molecule has 0 fully saturated rings. The first-order valence-electron chi connectivity index (χ1n) is 4.34. The van der Waals surface area contributed by atoms with E-state index >= 15 is 0 Å². The second kappa shape index (κ2) is 7.10. The number of hydrogen-bond donors (Lipinski definition) is 4. The lowest BCUT2D eigenvalue weighted by Gasteiger charge is -2.27. The lowest BCUT2D eigenvalue weighted by Crippen LogP contribution is -2.49. The van der Waals surface area contributed by atoms with Crippen molar-refractivity contribution in [2.24, 2.45) is 5.73 Å². The lowest BCUT2D eigenvalue weighted by molar-refractivity contribution is -0.126. The van der Waals surface area contributed by atoms with Crippen LogP contribution in [-0.4, -0.2) is 67.1 Å². The second-order valence-electron chi connectivity index (χ2n) is 3.01. The van der Waals surface area contributed by atoms with Gasteiger partial charge in [0.05, 0.1) is 12.7 Å². The summed E-state index contributed by atoms with van der Waals surface area (Å²) in [4.78, 5) is 0. The summed E-state index contributed by atoms with van der Waals surface area (Å²) < 4.78 is 9.65. The highest BCUT2D eigenvalue weighted by molar-refractivity contribution is 4.81. The fraction of sp³-hybridized carbons (Fsp3) is 1.00. The van der Waals surface area contributed by atoms with Crippen LogP contribution < -0.4 is 5.73 Å². The molecule has 14 heavy (non-hydrogen) atoms. The molecule has 6 nitrogen and oxygen atoms in total. The molecule has 6 heteroatoms. The van der Waals surface area contributed by atoms with Crippen molar-refractivity contribution in [2.75, 3.05) is 27.4 Å². The number of hydrogen-bond acceptors (Lipinski definition) is 6. The highest BCUT2D eigenvalue weighted by Gasteiger charge is 2.30. The maximum Gasteiger partial charge on any atom is 0.111 e. The van der Waals surface area contributed by atoms with Gasteiger partial charge in [-0.25, -0.2) is 0 Å². The van der Waals surface area contributed by atoms with Crippen LogP contribution in [0, 0.1) is 0 Å². The molecule has 0 aliphatic rings. The van der Waals surface area contributed by atoms with Crippen molar-refractivity contribution in [3.8, 4) is 0 Å². The summed E-state index contributed by atoms with van der Waals surface area (Å²) in [5.41, 5.74) is 5.13. The summed E-state index contributed by atoms with van der Waals surface area (Å²) in [6, 6.07) is 0. The number of ether oxygens (including phenoxy) is 2. The SMILES string of the molecule is COC[C@@H](OC)[C@@H](O)[C@H](O)[C@@H](O)CN. The summed E-state index contributed by atoms with van der Waals surface area (Å²) in [5, 5.41) is 28.1. The Morgan fingerprint density at radius 1 is 1.14 bits per heavy atom. The van der Waals surface area contributed by atoms with Crippen molar-refractivity contribution in [1.29, 1.82) is 0 Å². The van der Waals surface area contributed by atoms with Gasteiger partial charge >= 0.3 is 0 Å². The third kappa shape index (κ3) is 3.87. The number of rotatable bonds is 7. The monoisotopic (exact) mass is 209 g/mol. The third-order valence-electron chi connectivity index (χ3n) is 2.00. The number of aliphatic hydroxyl groups excluding tert-OH is 3. The minimum absolute atomic E-state index is 0.123. The Morgan fingerprint density at radius 2 is 1.71 bits per heavy atom. The van der Waals surface area contributed by atoms with Crippen molar-refractivity contribution >= 4 is 0 Å². The molecule has 0 saturated carbocycles. The molecule has 0 unspecified atom stereocenters. The molecule has 0 aromatic heterocycles. The zero-order chi connectivity index (χ0) is 11.1. The van der Waals surface area contributed by atoms with E-state index in [4.69, 9.17) is 15.2 Å². The van der Waals surface area contributed by atoms with Gasteiger partial charge in [0.15, 0.2) is 0 Å². The maximum absolute atomic E-state index is 9.54. The lowest BCUT2D eigenvalue weighted by atomic mass is 10.0. The zero-order valence-electron chi connectivity index (χ0n) is 8.46. The summed E-state index contributed by atoms with van der Waals surface area (Å²) in [6.45, 7) is 0.00760. The molecule has 0 bridgehead atoms. The summed E-state index contributed by atoms with van der Waals surface area (Å²) in [5.74, 6) is 0. The van der Waals surface area contributed by atoms with E-state index in [0.29, 0.717) is 0 Å². The standard InChI is InChI=1S/C8H19NO5/c1-13-4-6(14-2)8(12)7(11)5(10)3-9/h5-8,10-12H,3-4,9H2,1-2H3/t5-,6+,7+,8+/m0/s1. The molecule has 0 aliphatic carbocycles. The minimum atomic E-state index is -1.33. The van der Waals surface area contributed by atoms with Crippen molar-refractivity contribution in [2.45, 2.75) is 24.4 Å². The van der Waals surface area contributed by atoms with Gasteiger partial charge in [-0.3, -0.25) is 0 Å². The van der Waals surface area contributed by atoms with Crippen LogP contribution in [0.15, 0.2) is 0 Å². The first kappa shape index (κ1) is 13.8. The summed E-state index contributed by atoms with van der Waals surface area (Å²) in [7, 11) is 2.83. The Hall–Kier alpha value is -0.240. The van der Waals surface area contributed by atoms with E-state index in [1.165, 1.54) is 14.2 Å². The van der Waals surface area contributed by atoms with E-state index < -0.39 is 24.4 Å². The quantitative estimate of drug-likeness (QED) is 0.375. The van der Waals surface area contributed by atoms with Crippen LogP contribution in [0.3, 0.4) is 0 Å². The molecule has 0 spiro atoms. The Balaban J connectivity index is 4.17. The second-order valence-corrected chi connectivity index (χ2v) is 3.01. The van der Waals surface area contributed by atoms with Crippen molar-refractivity contribution in [3.05, 3.63) is 0 Å². The molecule has 86 valence electrons. The largest absolute Gasteiger partial charge is 0.389 e. The first-order chi connectivity index (χ1) is 6.58. The molecular weight excluding hydrogens is 190 g/mol. The maximum atomic E-state index is 9.54. The Labute approximate surface area is 83.2 Å². The third-order valence-corrected chi connectivity index (χ3v) is 2.00. The molecule has 0 aromatic rings. The van der Waals surface area contributed by atoms with Crippen LogP contribution in [0.25, 0.3) is 0 Å². The Bertz CT molecular complexity index is 144. The normalized spacial score (nSPS) is 20.1.